The maximum atomic E-state index is 5.97. The van der Waals surface area contributed by atoms with Gasteiger partial charge in [0.05, 0.1) is 17.1 Å². The number of hydrogen-bond acceptors (Lipinski definition) is 6. The van der Waals surface area contributed by atoms with Crippen LogP contribution in [0.2, 0.25) is 0 Å². The van der Waals surface area contributed by atoms with Crippen LogP contribution >= 0.6 is 0 Å². The number of rotatable bonds is 3. The molecule has 5 aromatic rings. The highest BCUT2D eigenvalue weighted by Gasteiger charge is 2.18. The predicted molar refractivity (Wildman–Crippen MR) is 106 cm³/mol. The average Bonchev–Trinajstić information content (AvgIpc) is 3.32. The molecule has 4 aromatic heterocycles. The van der Waals surface area contributed by atoms with Crippen LogP contribution < -0.4 is 11.1 Å². The van der Waals surface area contributed by atoms with Crippen LogP contribution in [0.1, 0.15) is 0 Å². The van der Waals surface area contributed by atoms with Gasteiger partial charge < -0.3 is 15.6 Å². The lowest BCUT2D eigenvalue weighted by molar-refractivity contribution is 1.08. The largest absolute Gasteiger partial charge is 0.372 e. The summed E-state index contributed by atoms with van der Waals surface area (Å²) in [5.74, 6) is 0.893. The fourth-order valence-electron chi connectivity index (χ4n) is 3.34. The molecule has 0 radical (unpaired) electrons. The Labute approximate surface area is 154 Å². The Hall–Kier alpha value is -3.94. The fraction of sp³-hybridized carbons (Fsp3) is 0.0526. The van der Waals surface area contributed by atoms with Gasteiger partial charge >= 0.3 is 0 Å². The molecule has 132 valence electrons. The minimum Gasteiger partial charge on any atom is -0.372 e. The van der Waals surface area contributed by atoms with Crippen molar-refractivity contribution in [3.63, 3.8) is 0 Å². The molecule has 4 N–H and O–H groups in total. The highest BCUT2D eigenvalue weighted by molar-refractivity contribution is 6.02. The van der Waals surface area contributed by atoms with Crippen molar-refractivity contribution < 1.29 is 0 Å². The molecule has 0 aliphatic carbocycles. The standard InChI is InChI=1S/C19H16N8/c1-21-17-16-14(11-3-2-6-22-8-11)10-27(18(16)25-19(20)24-17)13-5-4-12-9-23-26-15(12)7-13/h2-10H,1H3,(H,23,26)(H3,20,21,24,25). The molecule has 0 aliphatic rings. The van der Waals surface area contributed by atoms with Gasteiger partial charge in [-0.3, -0.25) is 10.1 Å². The molecule has 8 heteroatoms. The highest BCUT2D eigenvalue weighted by Crippen LogP contribution is 2.36. The molecule has 8 nitrogen and oxygen atoms in total. The Kier molecular flexibility index (Phi) is 3.29. The van der Waals surface area contributed by atoms with Crippen molar-refractivity contribution in [1.82, 2.24) is 29.7 Å². The zero-order valence-corrected chi connectivity index (χ0v) is 14.5. The van der Waals surface area contributed by atoms with Gasteiger partial charge in [0.1, 0.15) is 5.82 Å². The van der Waals surface area contributed by atoms with Gasteiger partial charge in [-0.05, 0) is 24.3 Å². The summed E-state index contributed by atoms with van der Waals surface area (Å²) in [6.45, 7) is 0. The highest BCUT2D eigenvalue weighted by atomic mass is 15.1. The molecule has 0 bridgehead atoms. The lowest BCUT2D eigenvalue weighted by Crippen LogP contribution is -2.03. The molecule has 0 atom stereocenters. The maximum absolute atomic E-state index is 5.97. The monoisotopic (exact) mass is 356 g/mol. The average molecular weight is 356 g/mol. The van der Waals surface area contributed by atoms with Crippen molar-refractivity contribution >= 4 is 33.7 Å². The topological polar surface area (TPSA) is 110 Å². The smallest absolute Gasteiger partial charge is 0.224 e. The van der Waals surface area contributed by atoms with E-state index >= 15 is 0 Å². The first-order valence-corrected chi connectivity index (χ1v) is 8.45. The number of nitrogens with one attached hydrogen (secondary N) is 2. The lowest BCUT2D eigenvalue weighted by atomic mass is 10.1. The summed E-state index contributed by atoms with van der Waals surface area (Å²) in [5, 5.41) is 12.2. The number of nitrogen functional groups attached to an aromatic ring is 1. The number of aromatic amines is 1. The third-order valence-corrected chi connectivity index (χ3v) is 4.58. The lowest BCUT2D eigenvalue weighted by Gasteiger charge is -2.07. The second-order valence-electron chi connectivity index (χ2n) is 6.18. The zero-order chi connectivity index (χ0) is 18.4. The minimum absolute atomic E-state index is 0.214. The van der Waals surface area contributed by atoms with Crippen LogP contribution in [0.25, 0.3) is 38.8 Å². The molecule has 0 unspecified atom stereocenters. The number of anilines is 2. The van der Waals surface area contributed by atoms with Crippen LogP contribution in [0, 0.1) is 0 Å². The Morgan fingerprint density at radius 2 is 2.07 bits per heavy atom. The van der Waals surface area contributed by atoms with Crippen LogP contribution in [-0.4, -0.2) is 36.8 Å². The summed E-state index contributed by atoms with van der Waals surface area (Å²) >= 11 is 0. The number of benzene rings is 1. The molecule has 1 aromatic carbocycles. The number of H-pyrrole nitrogens is 1. The Morgan fingerprint density at radius 1 is 1.15 bits per heavy atom. The van der Waals surface area contributed by atoms with Gasteiger partial charge in [-0.25, -0.2) is 0 Å². The predicted octanol–water partition coefficient (Wildman–Crippen LogP) is 2.98. The van der Waals surface area contributed by atoms with Gasteiger partial charge in [0.25, 0.3) is 0 Å². The van der Waals surface area contributed by atoms with Crippen molar-refractivity contribution in [2.45, 2.75) is 0 Å². The molecule has 0 saturated carbocycles. The molecule has 27 heavy (non-hydrogen) atoms. The molecule has 0 spiro atoms. The van der Waals surface area contributed by atoms with E-state index in [1.807, 2.05) is 54.3 Å². The van der Waals surface area contributed by atoms with Gasteiger partial charge in [-0.15, -0.1) is 0 Å². The molecule has 0 saturated heterocycles. The molecular formula is C19H16N8. The molecule has 0 amide bonds. The van der Waals surface area contributed by atoms with E-state index in [2.05, 4.69) is 30.5 Å². The van der Waals surface area contributed by atoms with E-state index in [-0.39, 0.29) is 5.95 Å². The van der Waals surface area contributed by atoms with E-state index in [1.54, 1.807) is 12.4 Å². The molecular weight excluding hydrogens is 340 g/mol. The molecule has 0 fully saturated rings. The molecule has 0 aliphatic heterocycles. The van der Waals surface area contributed by atoms with E-state index in [0.29, 0.717) is 5.82 Å². The third kappa shape index (κ3) is 2.38. The minimum atomic E-state index is 0.214. The van der Waals surface area contributed by atoms with Crippen molar-refractivity contribution in [3.8, 4) is 16.8 Å². The second-order valence-corrected chi connectivity index (χ2v) is 6.18. The van der Waals surface area contributed by atoms with Gasteiger partial charge in [0.15, 0.2) is 5.65 Å². The first-order chi connectivity index (χ1) is 13.2. The zero-order valence-electron chi connectivity index (χ0n) is 14.5. The van der Waals surface area contributed by atoms with Gasteiger partial charge in [0, 0.05) is 47.8 Å². The summed E-state index contributed by atoms with van der Waals surface area (Å²) < 4.78 is 2.01. The van der Waals surface area contributed by atoms with Crippen molar-refractivity contribution in [2.75, 3.05) is 18.1 Å². The van der Waals surface area contributed by atoms with Crippen molar-refractivity contribution in [1.29, 1.82) is 0 Å². The third-order valence-electron chi connectivity index (χ3n) is 4.58. The van der Waals surface area contributed by atoms with Crippen LogP contribution in [0.5, 0.6) is 0 Å². The summed E-state index contributed by atoms with van der Waals surface area (Å²) in [5.41, 5.74) is 10.6. The normalized spacial score (nSPS) is 11.3. The number of fused-ring (bicyclic) bond motifs is 2. The van der Waals surface area contributed by atoms with E-state index in [0.717, 1.165) is 38.8 Å². The van der Waals surface area contributed by atoms with Gasteiger partial charge in [0.2, 0.25) is 5.95 Å². The SMILES string of the molecule is CNc1nc(N)nc2c1c(-c1cccnc1)cn2-c1ccc2cn[nH]c2c1. The summed E-state index contributed by atoms with van der Waals surface area (Å²) in [4.78, 5) is 13.1. The number of hydrogen-bond donors (Lipinski definition) is 3. The van der Waals surface area contributed by atoms with Crippen molar-refractivity contribution in [3.05, 3.63) is 55.1 Å². The summed E-state index contributed by atoms with van der Waals surface area (Å²) in [7, 11) is 1.82. The first-order valence-electron chi connectivity index (χ1n) is 8.45. The van der Waals surface area contributed by atoms with Gasteiger partial charge in [-0.1, -0.05) is 6.07 Å². The second kappa shape index (κ2) is 5.80. The molecule has 5 rings (SSSR count). The quantitative estimate of drug-likeness (QED) is 0.458. The van der Waals surface area contributed by atoms with E-state index in [4.69, 9.17) is 5.73 Å². The van der Waals surface area contributed by atoms with E-state index < -0.39 is 0 Å². The van der Waals surface area contributed by atoms with E-state index in [1.165, 1.54) is 0 Å². The first kappa shape index (κ1) is 15.3. The van der Waals surface area contributed by atoms with Crippen molar-refractivity contribution in [2.24, 2.45) is 0 Å². The number of nitrogens with two attached hydrogens (primary N) is 1. The number of pyridine rings is 1. The fourth-order valence-corrected chi connectivity index (χ4v) is 3.34. The van der Waals surface area contributed by atoms with Crippen LogP contribution in [0.3, 0.4) is 0 Å². The van der Waals surface area contributed by atoms with E-state index in [9.17, 15) is 0 Å². The molecule has 4 heterocycles. The number of aromatic nitrogens is 6. The van der Waals surface area contributed by atoms with Crippen LogP contribution in [0.4, 0.5) is 11.8 Å². The Bertz CT molecular complexity index is 1270. The Balaban J connectivity index is 1.86. The Morgan fingerprint density at radius 3 is 2.89 bits per heavy atom. The van der Waals surface area contributed by atoms with Gasteiger partial charge in [-0.2, -0.15) is 15.1 Å². The summed E-state index contributed by atoms with van der Waals surface area (Å²) in [6, 6.07) is 10.0. The maximum Gasteiger partial charge on any atom is 0.224 e. The van der Waals surface area contributed by atoms with Crippen LogP contribution in [0.15, 0.2) is 55.1 Å². The summed E-state index contributed by atoms with van der Waals surface area (Å²) in [6.07, 6.45) is 7.41. The van der Waals surface area contributed by atoms with Crippen LogP contribution in [-0.2, 0) is 0 Å². The number of nitrogens with zero attached hydrogens (tertiary/aromatic N) is 5.